The quantitative estimate of drug-likeness (QED) is 0.701. The predicted octanol–water partition coefficient (Wildman–Crippen LogP) is 0.361. The second kappa shape index (κ2) is 3.45. The molecule has 0 radical (unpaired) electrons. The van der Waals surface area contributed by atoms with E-state index in [1.54, 1.807) is 0 Å². The van der Waals surface area contributed by atoms with Gasteiger partial charge in [0.15, 0.2) is 5.79 Å². The van der Waals surface area contributed by atoms with Crippen LogP contribution in [0.1, 0.15) is 13.8 Å². The Morgan fingerprint density at radius 3 is 2.57 bits per heavy atom. The summed E-state index contributed by atoms with van der Waals surface area (Å²) in [6.07, 6.45) is 0. The summed E-state index contributed by atoms with van der Waals surface area (Å²) in [5.41, 5.74) is 5.77. The predicted molar refractivity (Wildman–Crippen MR) is 51.8 cm³/mol. The molecule has 2 saturated heterocycles. The second-order valence-electron chi connectivity index (χ2n) is 4.77. The molecule has 0 aromatic carbocycles. The highest BCUT2D eigenvalue weighted by atomic mass is 16.8. The van der Waals surface area contributed by atoms with Crippen LogP contribution in [0.15, 0.2) is 0 Å². The first-order valence-corrected chi connectivity index (χ1v) is 5.16. The first kappa shape index (κ1) is 10.4. The lowest BCUT2D eigenvalue weighted by atomic mass is 9.75. The first-order valence-electron chi connectivity index (χ1n) is 5.16. The Bertz CT molecular complexity index is 206. The number of rotatable bonds is 2. The minimum atomic E-state index is -0.511. The largest absolute Gasteiger partial charge is 0.375 e. The molecule has 2 heterocycles. The lowest BCUT2D eigenvalue weighted by Gasteiger charge is -2.37. The Labute approximate surface area is 84.7 Å². The molecule has 82 valence electrons. The monoisotopic (exact) mass is 201 g/mol. The Hall–Kier alpha value is -0.160. The summed E-state index contributed by atoms with van der Waals surface area (Å²) in [6.45, 7) is 7.46. The SMILES string of the molecule is CC(C)(CN)[C@H]1COCC12OCCO2. The summed E-state index contributed by atoms with van der Waals surface area (Å²) >= 11 is 0. The van der Waals surface area contributed by atoms with Gasteiger partial charge in [-0.3, -0.25) is 0 Å². The highest BCUT2D eigenvalue weighted by molar-refractivity contribution is 4.95. The smallest absolute Gasteiger partial charge is 0.197 e. The summed E-state index contributed by atoms with van der Waals surface area (Å²) in [6, 6.07) is 0. The van der Waals surface area contributed by atoms with E-state index in [9.17, 15) is 0 Å². The molecule has 0 aromatic heterocycles. The van der Waals surface area contributed by atoms with E-state index in [1.165, 1.54) is 0 Å². The summed E-state index contributed by atoms with van der Waals surface area (Å²) < 4.78 is 16.9. The van der Waals surface area contributed by atoms with E-state index in [2.05, 4.69) is 13.8 Å². The maximum Gasteiger partial charge on any atom is 0.197 e. The van der Waals surface area contributed by atoms with Crippen molar-refractivity contribution < 1.29 is 14.2 Å². The molecule has 4 heteroatoms. The van der Waals surface area contributed by atoms with Gasteiger partial charge in [0.05, 0.1) is 19.8 Å². The molecule has 1 spiro atoms. The average Bonchev–Trinajstić information content (AvgIpc) is 2.77. The second-order valence-corrected chi connectivity index (χ2v) is 4.77. The van der Waals surface area contributed by atoms with Crippen molar-refractivity contribution in [2.45, 2.75) is 19.6 Å². The van der Waals surface area contributed by atoms with Crippen LogP contribution in [0.3, 0.4) is 0 Å². The van der Waals surface area contributed by atoms with Gasteiger partial charge in [0.25, 0.3) is 0 Å². The number of hydrogen-bond acceptors (Lipinski definition) is 4. The molecule has 0 bridgehead atoms. The average molecular weight is 201 g/mol. The lowest BCUT2D eigenvalue weighted by molar-refractivity contribution is -0.196. The van der Waals surface area contributed by atoms with Crippen molar-refractivity contribution >= 4 is 0 Å². The zero-order chi connectivity index (χ0) is 10.2. The Morgan fingerprint density at radius 1 is 1.36 bits per heavy atom. The molecule has 2 aliphatic heterocycles. The summed E-state index contributed by atoms with van der Waals surface area (Å²) in [5, 5.41) is 0. The third kappa shape index (κ3) is 1.46. The molecule has 1 atom stereocenters. The number of ether oxygens (including phenoxy) is 3. The Balaban J connectivity index is 2.18. The molecule has 0 aromatic rings. The summed E-state index contributed by atoms with van der Waals surface area (Å²) in [4.78, 5) is 0. The van der Waals surface area contributed by atoms with Gasteiger partial charge in [-0.1, -0.05) is 13.8 Å². The molecular weight excluding hydrogens is 182 g/mol. The summed E-state index contributed by atoms with van der Waals surface area (Å²) in [7, 11) is 0. The van der Waals surface area contributed by atoms with Gasteiger partial charge in [0.2, 0.25) is 0 Å². The van der Waals surface area contributed by atoms with Crippen LogP contribution in [0.5, 0.6) is 0 Å². The van der Waals surface area contributed by atoms with E-state index in [0.717, 1.165) is 0 Å². The molecule has 14 heavy (non-hydrogen) atoms. The molecule has 0 saturated carbocycles. The fraction of sp³-hybridized carbons (Fsp3) is 1.00. The first-order chi connectivity index (χ1) is 6.61. The van der Waals surface area contributed by atoms with Gasteiger partial charge in [-0.25, -0.2) is 0 Å². The van der Waals surface area contributed by atoms with E-state index in [0.29, 0.717) is 33.0 Å². The van der Waals surface area contributed by atoms with Crippen LogP contribution in [0.4, 0.5) is 0 Å². The standard InChI is InChI=1S/C10H19NO3/c1-9(2,6-11)8-5-12-7-10(8)13-3-4-14-10/h8H,3-7,11H2,1-2H3/t8-/m1/s1. The summed E-state index contributed by atoms with van der Waals surface area (Å²) in [5.74, 6) is -0.273. The molecule has 4 nitrogen and oxygen atoms in total. The minimum Gasteiger partial charge on any atom is -0.375 e. The number of hydrogen-bond donors (Lipinski definition) is 1. The van der Waals surface area contributed by atoms with Crippen molar-refractivity contribution in [3.05, 3.63) is 0 Å². The molecule has 2 N–H and O–H groups in total. The fourth-order valence-electron chi connectivity index (χ4n) is 2.26. The van der Waals surface area contributed by atoms with Crippen molar-refractivity contribution in [2.75, 3.05) is 33.0 Å². The number of nitrogens with two attached hydrogens (primary N) is 1. The van der Waals surface area contributed by atoms with Crippen LogP contribution in [0.2, 0.25) is 0 Å². The van der Waals surface area contributed by atoms with Gasteiger partial charge in [-0.15, -0.1) is 0 Å². The maximum atomic E-state index is 5.77. The third-order valence-electron chi connectivity index (χ3n) is 3.36. The molecule has 2 aliphatic rings. The highest BCUT2D eigenvalue weighted by Gasteiger charge is 2.54. The van der Waals surface area contributed by atoms with Crippen LogP contribution in [0.25, 0.3) is 0 Å². The van der Waals surface area contributed by atoms with Gasteiger partial charge >= 0.3 is 0 Å². The van der Waals surface area contributed by atoms with E-state index in [4.69, 9.17) is 19.9 Å². The molecule has 2 rings (SSSR count). The Morgan fingerprint density at radius 2 is 2.00 bits per heavy atom. The molecular formula is C10H19NO3. The van der Waals surface area contributed by atoms with E-state index in [-0.39, 0.29) is 11.3 Å². The van der Waals surface area contributed by atoms with Gasteiger partial charge in [-0.05, 0) is 12.0 Å². The maximum absolute atomic E-state index is 5.77. The third-order valence-corrected chi connectivity index (χ3v) is 3.36. The van der Waals surface area contributed by atoms with Crippen molar-refractivity contribution in [3.8, 4) is 0 Å². The van der Waals surface area contributed by atoms with Crippen molar-refractivity contribution in [1.29, 1.82) is 0 Å². The van der Waals surface area contributed by atoms with Gasteiger partial charge in [0.1, 0.15) is 6.61 Å². The van der Waals surface area contributed by atoms with Crippen molar-refractivity contribution in [3.63, 3.8) is 0 Å². The fourth-order valence-corrected chi connectivity index (χ4v) is 2.26. The van der Waals surface area contributed by atoms with Crippen LogP contribution in [-0.4, -0.2) is 38.8 Å². The molecule has 2 fully saturated rings. The highest BCUT2D eigenvalue weighted by Crippen LogP contribution is 2.43. The van der Waals surface area contributed by atoms with E-state index < -0.39 is 5.79 Å². The van der Waals surface area contributed by atoms with Gasteiger partial charge in [0, 0.05) is 5.92 Å². The van der Waals surface area contributed by atoms with Crippen molar-refractivity contribution in [1.82, 2.24) is 0 Å². The zero-order valence-corrected chi connectivity index (χ0v) is 8.91. The zero-order valence-electron chi connectivity index (χ0n) is 8.91. The van der Waals surface area contributed by atoms with Crippen LogP contribution >= 0.6 is 0 Å². The van der Waals surface area contributed by atoms with Crippen LogP contribution in [0, 0.1) is 11.3 Å². The molecule has 0 unspecified atom stereocenters. The van der Waals surface area contributed by atoms with Crippen molar-refractivity contribution in [2.24, 2.45) is 17.1 Å². The Kier molecular flexibility index (Phi) is 2.55. The lowest BCUT2D eigenvalue weighted by Crippen LogP contribution is -2.48. The van der Waals surface area contributed by atoms with E-state index in [1.807, 2.05) is 0 Å². The topological polar surface area (TPSA) is 53.7 Å². The molecule has 0 aliphatic carbocycles. The molecule has 0 amide bonds. The van der Waals surface area contributed by atoms with Crippen LogP contribution in [-0.2, 0) is 14.2 Å². The van der Waals surface area contributed by atoms with Crippen LogP contribution < -0.4 is 5.73 Å². The van der Waals surface area contributed by atoms with Gasteiger partial charge in [-0.2, -0.15) is 0 Å². The van der Waals surface area contributed by atoms with Gasteiger partial charge < -0.3 is 19.9 Å². The minimum absolute atomic E-state index is 0.000833. The normalized spacial score (nSPS) is 31.5. The van der Waals surface area contributed by atoms with E-state index >= 15 is 0 Å².